The van der Waals surface area contributed by atoms with Gasteiger partial charge in [-0.1, -0.05) is 0 Å². The summed E-state index contributed by atoms with van der Waals surface area (Å²) in [6, 6.07) is 4.09. The van der Waals surface area contributed by atoms with E-state index in [2.05, 4.69) is 49.8 Å². The lowest BCUT2D eigenvalue weighted by Crippen LogP contribution is -1.95. The number of rotatable bonds is 3. The van der Waals surface area contributed by atoms with Crippen LogP contribution < -0.4 is 5.32 Å². The van der Waals surface area contributed by atoms with Gasteiger partial charge in [-0.3, -0.25) is 5.10 Å². The van der Waals surface area contributed by atoms with Crippen LogP contribution in [-0.4, -0.2) is 16.7 Å². The van der Waals surface area contributed by atoms with E-state index in [1.54, 1.807) is 11.3 Å². The molecule has 0 radical (unpaired) electrons. The second kappa shape index (κ2) is 4.14. The molecule has 0 unspecified atom stereocenters. The number of thiophene rings is 1. The van der Waals surface area contributed by atoms with Crippen LogP contribution in [0.1, 0.15) is 6.92 Å². The first-order valence-electron chi connectivity index (χ1n) is 4.33. The predicted molar refractivity (Wildman–Crippen MR) is 63.8 cm³/mol. The lowest BCUT2D eigenvalue weighted by atomic mass is 10.3. The van der Waals surface area contributed by atoms with Gasteiger partial charge in [0.1, 0.15) is 5.82 Å². The zero-order chi connectivity index (χ0) is 9.97. The number of hydrogen-bond donors (Lipinski definition) is 2. The zero-order valence-corrected chi connectivity index (χ0v) is 10.1. The van der Waals surface area contributed by atoms with Gasteiger partial charge >= 0.3 is 0 Å². The molecule has 0 saturated heterocycles. The van der Waals surface area contributed by atoms with Gasteiger partial charge < -0.3 is 5.32 Å². The second-order valence-corrected chi connectivity index (χ2v) is 4.65. The van der Waals surface area contributed by atoms with Gasteiger partial charge in [-0.2, -0.15) is 5.10 Å². The average molecular weight is 272 g/mol. The summed E-state index contributed by atoms with van der Waals surface area (Å²) >= 11 is 5.12. The van der Waals surface area contributed by atoms with Gasteiger partial charge in [-0.05, 0) is 28.9 Å². The third-order valence-corrected chi connectivity index (χ3v) is 3.49. The van der Waals surface area contributed by atoms with Gasteiger partial charge in [0.2, 0.25) is 0 Å². The predicted octanol–water partition coefficient (Wildman–Crippen LogP) is 3.33. The van der Waals surface area contributed by atoms with E-state index in [0.29, 0.717) is 0 Å². The van der Waals surface area contributed by atoms with Crippen LogP contribution in [0.15, 0.2) is 22.0 Å². The molecule has 0 fully saturated rings. The second-order valence-electron chi connectivity index (χ2n) is 2.83. The minimum atomic E-state index is 0.887. The fraction of sp³-hybridized carbons (Fsp3) is 0.222. The van der Waals surface area contributed by atoms with Crippen molar-refractivity contribution in [3.8, 4) is 10.6 Å². The highest BCUT2D eigenvalue weighted by Crippen LogP contribution is 2.29. The van der Waals surface area contributed by atoms with Crippen LogP contribution in [0.2, 0.25) is 0 Å². The lowest BCUT2D eigenvalue weighted by Gasteiger charge is -1.92. The van der Waals surface area contributed by atoms with Crippen LogP contribution in [0.3, 0.4) is 0 Å². The smallest absolute Gasteiger partial charge is 0.148 e. The first-order chi connectivity index (χ1) is 6.79. The van der Waals surface area contributed by atoms with Crippen molar-refractivity contribution in [3.63, 3.8) is 0 Å². The third-order valence-electron chi connectivity index (χ3n) is 1.77. The summed E-state index contributed by atoms with van der Waals surface area (Å²) in [4.78, 5) is 1.19. The number of nitrogens with one attached hydrogen (secondary N) is 2. The standard InChI is InChI=1S/C9H10BrN3S/c1-2-11-9-4-7(12-13-9)8-3-6(10)5-14-8/h3-5H,2H2,1H3,(H2,11,12,13). The molecule has 3 nitrogen and oxygen atoms in total. The van der Waals surface area contributed by atoms with E-state index in [0.717, 1.165) is 22.5 Å². The highest BCUT2D eigenvalue weighted by molar-refractivity contribution is 9.10. The van der Waals surface area contributed by atoms with E-state index in [1.165, 1.54) is 4.88 Å². The summed E-state index contributed by atoms with van der Waals surface area (Å²) in [5.41, 5.74) is 1.05. The lowest BCUT2D eigenvalue weighted by molar-refractivity contribution is 1.07. The van der Waals surface area contributed by atoms with Crippen molar-refractivity contribution in [1.82, 2.24) is 10.2 Å². The molecule has 0 spiro atoms. The minimum absolute atomic E-state index is 0.887. The molecule has 0 amide bonds. The summed E-state index contributed by atoms with van der Waals surface area (Å²) in [7, 11) is 0. The van der Waals surface area contributed by atoms with Crippen molar-refractivity contribution < 1.29 is 0 Å². The van der Waals surface area contributed by atoms with Crippen molar-refractivity contribution >= 4 is 33.1 Å². The maximum absolute atomic E-state index is 4.15. The number of halogens is 1. The van der Waals surface area contributed by atoms with Gasteiger partial charge in [0.05, 0.1) is 10.6 Å². The Labute approximate surface area is 94.7 Å². The van der Waals surface area contributed by atoms with Crippen molar-refractivity contribution in [3.05, 3.63) is 22.0 Å². The maximum Gasteiger partial charge on any atom is 0.148 e. The number of H-pyrrole nitrogens is 1. The van der Waals surface area contributed by atoms with Crippen molar-refractivity contribution in [2.75, 3.05) is 11.9 Å². The molecule has 0 aliphatic rings. The summed E-state index contributed by atoms with van der Waals surface area (Å²) in [5.74, 6) is 0.895. The van der Waals surface area contributed by atoms with E-state index in [4.69, 9.17) is 0 Å². The molecule has 0 aromatic carbocycles. The normalized spacial score (nSPS) is 10.4. The fourth-order valence-electron chi connectivity index (χ4n) is 1.17. The number of nitrogens with zero attached hydrogens (tertiary/aromatic N) is 1. The maximum atomic E-state index is 4.15. The van der Waals surface area contributed by atoms with Crippen molar-refractivity contribution in [2.24, 2.45) is 0 Å². The molecule has 0 saturated carbocycles. The molecule has 0 bridgehead atoms. The fourth-order valence-corrected chi connectivity index (χ4v) is 2.57. The van der Waals surface area contributed by atoms with Crippen molar-refractivity contribution in [2.45, 2.75) is 6.92 Å². The Morgan fingerprint density at radius 2 is 2.43 bits per heavy atom. The van der Waals surface area contributed by atoms with E-state index in [9.17, 15) is 0 Å². The molecule has 2 rings (SSSR count). The average Bonchev–Trinajstić information content (AvgIpc) is 2.74. The number of aromatic nitrogens is 2. The molecule has 14 heavy (non-hydrogen) atoms. The number of aromatic amines is 1. The first-order valence-corrected chi connectivity index (χ1v) is 6.00. The summed E-state index contributed by atoms with van der Waals surface area (Å²) in [6.45, 7) is 2.94. The Balaban J connectivity index is 2.24. The molecule has 2 aromatic rings. The summed E-state index contributed by atoms with van der Waals surface area (Å²) < 4.78 is 1.11. The Hall–Kier alpha value is -0.810. The van der Waals surface area contributed by atoms with Gasteiger partial charge in [-0.25, -0.2) is 0 Å². The van der Waals surface area contributed by atoms with Crippen LogP contribution in [0.25, 0.3) is 10.6 Å². The van der Waals surface area contributed by atoms with E-state index < -0.39 is 0 Å². The number of hydrogen-bond acceptors (Lipinski definition) is 3. The molecule has 0 atom stereocenters. The SMILES string of the molecule is CCNc1cc(-c2cc(Br)cs2)[nH]n1. The molecular weight excluding hydrogens is 262 g/mol. The van der Waals surface area contributed by atoms with Crippen LogP contribution in [0.4, 0.5) is 5.82 Å². The first kappa shape index (κ1) is 9.73. The highest BCUT2D eigenvalue weighted by Gasteiger charge is 2.04. The Bertz CT molecular complexity index is 421. The molecule has 5 heteroatoms. The van der Waals surface area contributed by atoms with Crippen LogP contribution in [0.5, 0.6) is 0 Å². The largest absolute Gasteiger partial charge is 0.369 e. The molecule has 0 aliphatic carbocycles. The minimum Gasteiger partial charge on any atom is -0.369 e. The molecule has 74 valence electrons. The molecule has 0 aliphatic heterocycles. The Morgan fingerprint density at radius 1 is 1.57 bits per heavy atom. The van der Waals surface area contributed by atoms with Gasteiger partial charge in [0, 0.05) is 22.5 Å². The monoisotopic (exact) mass is 271 g/mol. The molecule has 2 aromatic heterocycles. The quantitative estimate of drug-likeness (QED) is 0.899. The van der Waals surface area contributed by atoms with Gasteiger partial charge in [-0.15, -0.1) is 11.3 Å². The van der Waals surface area contributed by atoms with E-state index in [1.807, 2.05) is 6.07 Å². The summed E-state index contributed by atoms with van der Waals surface area (Å²) in [5, 5.41) is 12.4. The Kier molecular flexibility index (Phi) is 2.88. The summed E-state index contributed by atoms with van der Waals surface area (Å²) in [6.07, 6.45) is 0. The van der Waals surface area contributed by atoms with Crippen LogP contribution in [0, 0.1) is 0 Å². The Morgan fingerprint density at radius 3 is 3.07 bits per heavy atom. The molecule has 2 heterocycles. The van der Waals surface area contributed by atoms with E-state index >= 15 is 0 Å². The van der Waals surface area contributed by atoms with E-state index in [-0.39, 0.29) is 0 Å². The molecule has 2 N–H and O–H groups in total. The zero-order valence-electron chi connectivity index (χ0n) is 7.67. The van der Waals surface area contributed by atoms with Crippen molar-refractivity contribution in [1.29, 1.82) is 0 Å². The highest BCUT2D eigenvalue weighted by atomic mass is 79.9. The third kappa shape index (κ3) is 1.99. The number of anilines is 1. The van der Waals surface area contributed by atoms with Gasteiger partial charge in [0.15, 0.2) is 0 Å². The topological polar surface area (TPSA) is 40.7 Å². The van der Waals surface area contributed by atoms with Crippen LogP contribution >= 0.6 is 27.3 Å². The molecular formula is C9H10BrN3S. The van der Waals surface area contributed by atoms with Crippen LogP contribution in [-0.2, 0) is 0 Å². The van der Waals surface area contributed by atoms with Gasteiger partial charge in [0.25, 0.3) is 0 Å².